The maximum absolute atomic E-state index is 11.2. The van der Waals surface area contributed by atoms with Crippen molar-refractivity contribution < 1.29 is 17.3 Å². The van der Waals surface area contributed by atoms with E-state index in [4.69, 9.17) is 25.5 Å². The summed E-state index contributed by atoms with van der Waals surface area (Å²) < 4.78 is 32.7. The molecule has 0 radical (unpaired) electrons. The van der Waals surface area contributed by atoms with E-state index >= 15 is 0 Å². The van der Waals surface area contributed by atoms with Crippen LogP contribution in [0.25, 0.3) is 11.4 Å². The molecule has 26 heavy (non-hydrogen) atoms. The van der Waals surface area contributed by atoms with Crippen LogP contribution in [0.1, 0.15) is 0 Å². The molecule has 3 rings (SSSR count). The van der Waals surface area contributed by atoms with Crippen molar-refractivity contribution in [1.82, 2.24) is 9.97 Å². The van der Waals surface area contributed by atoms with Gasteiger partial charge in [0.15, 0.2) is 5.82 Å². The Labute approximate surface area is 161 Å². The lowest BCUT2D eigenvalue weighted by atomic mass is 10.2. The highest BCUT2D eigenvalue weighted by Crippen LogP contribution is 2.35. The lowest BCUT2D eigenvalue weighted by Gasteiger charge is -2.29. The molecule has 0 spiro atoms. The minimum absolute atomic E-state index is 0.233. The predicted octanol–water partition coefficient (Wildman–Crippen LogP) is 2.69. The number of aromatic nitrogens is 2. The van der Waals surface area contributed by atoms with Crippen molar-refractivity contribution in [3.05, 3.63) is 29.4 Å². The summed E-state index contributed by atoms with van der Waals surface area (Å²) in [6.07, 6.45) is 2.94. The number of halogens is 1. The van der Waals surface area contributed by atoms with Crippen LogP contribution in [0.2, 0.25) is 5.15 Å². The van der Waals surface area contributed by atoms with Crippen molar-refractivity contribution >= 4 is 39.3 Å². The number of thioether (sulfide) groups is 1. The second-order valence-corrected chi connectivity index (χ2v) is 8.36. The van der Waals surface area contributed by atoms with E-state index in [1.165, 1.54) is 11.8 Å². The molecule has 1 aromatic carbocycles. The molecule has 0 N–H and O–H groups in total. The second kappa shape index (κ2) is 7.99. The Morgan fingerprint density at radius 2 is 1.85 bits per heavy atom. The van der Waals surface area contributed by atoms with Gasteiger partial charge in [-0.15, -0.1) is 11.8 Å². The summed E-state index contributed by atoms with van der Waals surface area (Å²) >= 11 is 7.89. The second-order valence-electron chi connectivity index (χ2n) is 5.61. The van der Waals surface area contributed by atoms with Gasteiger partial charge in [-0.2, -0.15) is 8.42 Å². The molecule has 1 saturated heterocycles. The molecule has 1 fully saturated rings. The fourth-order valence-electron chi connectivity index (χ4n) is 2.54. The minimum Gasteiger partial charge on any atom is -0.383 e. The van der Waals surface area contributed by atoms with E-state index in [2.05, 4.69) is 9.88 Å². The summed E-state index contributed by atoms with van der Waals surface area (Å²) in [6.45, 7) is 2.76. The van der Waals surface area contributed by atoms with Crippen LogP contribution < -0.4 is 9.08 Å². The molecule has 0 atom stereocenters. The average molecular weight is 416 g/mol. The Morgan fingerprint density at radius 3 is 2.42 bits per heavy atom. The molecular formula is C16H18ClN3O4S2. The van der Waals surface area contributed by atoms with Gasteiger partial charge in [-0.25, -0.2) is 9.97 Å². The standard InChI is InChI=1S/C16H18ClN3O4S2/c1-25-13-14(17)18-15(19-16(13)20-7-9-23-10-8-20)11-3-5-12(6-4-11)24-26(2,21)22/h3-6H,7-10H2,1-2H3. The number of nitrogens with zero attached hydrogens (tertiary/aromatic N) is 3. The normalized spacial score (nSPS) is 15.1. The Morgan fingerprint density at radius 1 is 1.19 bits per heavy atom. The third-order valence-corrected chi connectivity index (χ3v) is 5.35. The lowest BCUT2D eigenvalue weighted by molar-refractivity contribution is 0.122. The van der Waals surface area contributed by atoms with Crippen molar-refractivity contribution in [1.29, 1.82) is 0 Å². The van der Waals surface area contributed by atoms with E-state index in [1.807, 2.05) is 6.26 Å². The number of ether oxygens (including phenoxy) is 1. The van der Waals surface area contributed by atoms with Crippen molar-refractivity contribution in [2.45, 2.75) is 4.90 Å². The first kappa shape index (κ1) is 19.2. The number of benzene rings is 1. The zero-order valence-corrected chi connectivity index (χ0v) is 16.7. The molecule has 10 heteroatoms. The van der Waals surface area contributed by atoms with Gasteiger partial charge in [-0.05, 0) is 30.5 Å². The monoisotopic (exact) mass is 415 g/mol. The molecule has 0 bridgehead atoms. The summed E-state index contributed by atoms with van der Waals surface area (Å²) in [6, 6.07) is 6.52. The molecule has 1 aromatic heterocycles. The molecule has 2 heterocycles. The van der Waals surface area contributed by atoms with Gasteiger partial charge in [0.1, 0.15) is 16.7 Å². The highest BCUT2D eigenvalue weighted by Gasteiger charge is 2.21. The molecule has 1 aliphatic rings. The van der Waals surface area contributed by atoms with Gasteiger partial charge in [-0.3, -0.25) is 0 Å². The van der Waals surface area contributed by atoms with E-state index in [0.717, 1.165) is 35.6 Å². The van der Waals surface area contributed by atoms with Crippen LogP contribution in [0.5, 0.6) is 5.75 Å². The Hall–Kier alpha value is -1.55. The molecule has 0 aliphatic carbocycles. The van der Waals surface area contributed by atoms with Gasteiger partial charge in [0.25, 0.3) is 0 Å². The van der Waals surface area contributed by atoms with Crippen LogP contribution in [0, 0.1) is 0 Å². The van der Waals surface area contributed by atoms with Gasteiger partial charge in [0.05, 0.1) is 24.4 Å². The summed E-state index contributed by atoms with van der Waals surface area (Å²) in [5, 5.41) is 0.389. The SMILES string of the molecule is CSc1c(Cl)nc(-c2ccc(OS(C)(=O)=O)cc2)nc1N1CCOCC1. The van der Waals surface area contributed by atoms with E-state index < -0.39 is 10.1 Å². The topological polar surface area (TPSA) is 81.6 Å². The van der Waals surface area contributed by atoms with Crippen LogP contribution in [0.15, 0.2) is 29.2 Å². The van der Waals surface area contributed by atoms with Crippen LogP contribution >= 0.6 is 23.4 Å². The quantitative estimate of drug-likeness (QED) is 0.419. The Balaban J connectivity index is 1.96. The largest absolute Gasteiger partial charge is 0.383 e. The van der Waals surface area contributed by atoms with Crippen LogP contribution in [-0.4, -0.2) is 57.2 Å². The number of rotatable bonds is 5. The first-order valence-corrected chi connectivity index (χ1v) is 11.2. The van der Waals surface area contributed by atoms with Crippen LogP contribution in [0.4, 0.5) is 5.82 Å². The van der Waals surface area contributed by atoms with E-state index in [9.17, 15) is 8.42 Å². The summed E-state index contributed by atoms with van der Waals surface area (Å²) in [4.78, 5) is 12.0. The number of hydrogen-bond acceptors (Lipinski definition) is 8. The highest BCUT2D eigenvalue weighted by atomic mass is 35.5. The van der Waals surface area contributed by atoms with Crippen LogP contribution in [0.3, 0.4) is 0 Å². The number of hydrogen-bond donors (Lipinski definition) is 0. The van der Waals surface area contributed by atoms with Gasteiger partial charge >= 0.3 is 10.1 Å². The van der Waals surface area contributed by atoms with Crippen LogP contribution in [-0.2, 0) is 14.9 Å². The summed E-state index contributed by atoms with van der Waals surface area (Å²) in [7, 11) is -3.57. The maximum atomic E-state index is 11.2. The molecule has 0 saturated carbocycles. The average Bonchev–Trinajstić information content (AvgIpc) is 2.61. The smallest absolute Gasteiger partial charge is 0.306 e. The molecular weight excluding hydrogens is 398 g/mol. The molecule has 2 aromatic rings. The highest BCUT2D eigenvalue weighted by molar-refractivity contribution is 7.98. The van der Waals surface area contributed by atoms with Crippen molar-refractivity contribution in [2.75, 3.05) is 43.7 Å². The molecule has 7 nitrogen and oxygen atoms in total. The van der Waals surface area contributed by atoms with E-state index in [0.29, 0.717) is 24.2 Å². The molecule has 140 valence electrons. The van der Waals surface area contributed by atoms with Crippen molar-refractivity contribution in [3.63, 3.8) is 0 Å². The third-order valence-electron chi connectivity index (χ3n) is 3.68. The molecule has 0 amide bonds. The first-order valence-electron chi connectivity index (χ1n) is 7.81. The minimum atomic E-state index is -3.57. The Bertz CT molecular complexity index is 885. The first-order chi connectivity index (χ1) is 12.4. The fourth-order valence-corrected chi connectivity index (χ4v) is 3.97. The van der Waals surface area contributed by atoms with Crippen molar-refractivity contribution in [2.24, 2.45) is 0 Å². The van der Waals surface area contributed by atoms with E-state index in [1.54, 1.807) is 24.3 Å². The van der Waals surface area contributed by atoms with Gasteiger partial charge in [-0.1, -0.05) is 11.6 Å². The van der Waals surface area contributed by atoms with Gasteiger partial charge < -0.3 is 13.8 Å². The Kier molecular flexibility index (Phi) is 5.91. The third kappa shape index (κ3) is 4.59. The molecule has 0 unspecified atom stereocenters. The number of anilines is 1. The number of morpholine rings is 1. The summed E-state index contributed by atoms with van der Waals surface area (Å²) in [5.74, 6) is 1.49. The lowest BCUT2D eigenvalue weighted by Crippen LogP contribution is -2.37. The van der Waals surface area contributed by atoms with Gasteiger partial charge in [0, 0.05) is 18.7 Å². The zero-order valence-electron chi connectivity index (χ0n) is 14.3. The van der Waals surface area contributed by atoms with E-state index in [-0.39, 0.29) is 5.75 Å². The van der Waals surface area contributed by atoms with Crippen molar-refractivity contribution in [3.8, 4) is 17.1 Å². The fraction of sp³-hybridized carbons (Fsp3) is 0.375. The zero-order chi connectivity index (χ0) is 18.7. The molecule has 1 aliphatic heterocycles. The maximum Gasteiger partial charge on any atom is 0.306 e. The summed E-state index contributed by atoms with van der Waals surface area (Å²) in [5.41, 5.74) is 0.718. The predicted molar refractivity (Wildman–Crippen MR) is 103 cm³/mol. The van der Waals surface area contributed by atoms with Gasteiger partial charge in [0.2, 0.25) is 0 Å².